The van der Waals surface area contributed by atoms with Gasteiger partial charge in [-0.1, -0.05) is 6.07 Å². The Morgan fingerprint density at radius 1 is 1.15 bits per heavy atom. The molecule has 0 spiro atoms. The second-order valence-electron chi connectivity index (χ2n) is 7.19. The fraction of sp³-hybridized carbons (Fsp3) is 0.389. The van der Waals surface area contributed by atoms with Crippen LogP contribution in [0.2, 0.25) is 0 Å². The molecule has 4 N–H and O–H groups in total. The third-order valence-electron chi connectivity index (χ3n) is 3.49. The first kappa shape index (κ1) is 20.1. The van der Waals surface area contributed by atoms with E-state index >= 15 is 0 Å². The monoisotopic (exact) mass is 372 g/mol. The standard InChI is InChI=1S/C18H24N6O3/c1-10-12(16(27)22-18(3,4)5)7-6-8-13(10)20-15(26)9-14-21-17(24-23-14)19-11(2)25/h6-8H,9H2,1-5H3,(H,20,26)(H,22,27)(H2,19,21,23,24,25). The van der Waals surface area contributed by atoms with Crippen molar-refractivity contribution < 1.29 is 14.4 Å². The van der Waals surface area contributed by atoms with Crippen LogP contribution >= 0.6 is 0 Å². The van der Waals surface area contributed by atoms with Crippen LogP contribution in [0.5, 0.6) is 0 Å². The number of benzene rings is 1. The van der Waals surface area contributed by atoms with Crippen LogP contribution in [0.4, 0.5) is 11.6 Å². The Kier molecular flexibility index (Phi) is 5.94. The Morgan fingerprint density at radius 3 is 2.48 bits per heavy atom. The highest BCUT2D eigenvalue weighted by molar-refractivity contribution is 5.99. The second kappa shape index (κ2) is 7.98. The van der Waals surface area contributed by atoms with Crippen molar-refractivity contribution in [2.24, 2.45) is 0 Å². The number of carbonyl (C=O) groups excluding carboxylic acids is 3. The molecule has 2 aromatic rings. The molecule has 0 aliphatic heterocycles. The summed E-state index contributed by atoms with van der Waals surface area (Å²) in [6.45, 7) is 8.82. The van der Waals surface area contributed by atoms with E-state index in [1.54, 1.807) is 25.1 Å². The predicted octanol–water partition coefficient (Wildman–Crippen LogP) is 1.78. The first-order valence-electron chi connectivity index (χ1n) is 8.46. The van der Waals surface area contributed by atoms with Crippen molar-refractivity contribution in [2.75, 3.05) is 10.6 Å². The van der Waals surface area contributed by atoms with Crippen LogP contribution in [0.1, 0.15) is 49.4 Å². The molecule has 0 unspecified atom stereocenters. The molecule has 0 atom stereocenters. The van der Waals surface area contributed by atoms with Gasteiger partial charge in [0.1, 0.15) is 5.82 Å². The van der Waals surface area contributed by atoms with E-state index in [0.29, 0.717) is 22.6 Å². The maximum Gasteiger partial charge on any atom is 0.252 e. The smallest absolute Gasteiger partial charge is 0.252 e. The number of nitrogens with zero attached hydrogens (tertiary/aromatic N) is 2. The molecule has 1 aromatic carbocycles. The van der Waals surface area contributed by atoms with Gasteiger partial charge in [0.15, 0.2) is 0 Å². The Balaban J connectivity index is 2.07. The number of anilines is 2. The minimum Gasteiger partial charge on any atom is -0.347 e. The molecule has 2 rings (SSSR count). The minimum absolute atomic E-state index is 0.0512. The highest BCUT2D eigenvalue weighted by Crippen LogP contribution is 2.20. The zero-order valence-corrected chi connectivity index (χ0v) is 16.1. The number of H-pyrrole nitrogens is 1. The first-order chi connectivity index (χ1) is 12.5. The molecule has 9 heteroatoms. The minimum atomic E-state index is -0.360. The zero-order valence-electron chi connectivity index (χ0n) is 16.1. The summed E-state index contributed by atoms with van der Waals surface area (Å²) >= 11 is 0. The summed E-state index contributed by atoms with van der Waals surface area (Å²) in [5, 5.41) is 14.5. The van der Waals surface area contributed by atoms with Gasteiger partial charge in [-0.3, -0.25) is 24.8 Å². The van der Waals surface area contributed by atoms with Gasteiger partial charge in [0.2, 0.25) is 17.8 Å². The lowest BCUT2D eigenvalue weighted by molar-refractivity contribution is -0.116. The molecule has 0 radical (unpaired) electrons. The van der Waals surface area contributed by atoms with Gasteiger partial charge in [0.05, 0.1) is 6.42 Å². The number of aromatic amines is 1. The summed E-state index contributed by atoms with van der Waals surface area (Å²) in [5.74, 6) is -0.396. The maximum atomic E-state index is 12.4. The number of carbonyl (C=O) groups is 3. The average molecular weight is 372 g/mol. The fourth-order valence-electron chi connectivity index (χ4n) is 2.36. The summed E-state index contributed by atoms with van der Waals surface area (Å²) in [4.78, 5) is 39.7. The molecule has 0 aliphatic rings. The van der Waals surface area contributed by atoms with Crippen LogP contribution in [0.25, 0.3) is 0 Å². The Labute approximate surface area is 157 Å². The summed E-state index contributed by atoms with van der Waals surface area (Å²) in [7, 11) is 0. The van der Waals surface area contributed by atoms with Gasteiger partial charge in [0, 0.05) is 23.7 Å². The van der Waals surface area contributed by atoms with E-state index in [4.69, 9.17) is 0 Å². The van der Waals surface area contributed by atoms with Gasteiger partial charge in [-0.05, 0) is 45.4 Å². The highest BCUT2D eigenvalue weighted by Gasteiger charge is 2.18. The van der Waals surface area contributed by atoms with Gasteiger partial charge in [-0.15, -0.1) is 5.10 Å². The van der Waals surface area contributed by atoms with E-state index < -0.39 is 0 Å². The lowest BCUT2D eigenvalue weighted by atomic mass is 10.0. The van der Waals surface area contributed by atoms with E-state index in [0.717, 1.165) is 0 Å². The Morgan fingerprint density at radius 2 is 1.85 bits per heavy atom. The lowest BCUT2D eigenvalue weighted by Gasteiger charge is -2.21. The van der Waals surface area contributed by atoms with E-state index in [2.05, 4.69) is 31.1 Å². The van der Waals surface area contributed by atoms with E-state index in [9.17, 15) is 14.4 Å². The molecule has 0 fully saturated rings. The second-order valence-corrected chi connectivity index (χ2v) is 7.19. The van der Waals surface area contributed by atoms with E-state index in [-0.39, 0.29) is 35.6 Å². The molecule has 0 bridgehead atoms. The van der Waals surface area contributed by atoms with Crippen LogP contribution in [-0.2, 0) is 16.0 Å². The molecule has 144 valence electrons. The van der Waals surface area contributed by atoms with Gasteiger partial charge >= 0.3 is 0 Å². The third kappa shape index (κ3) is 5.91. The van der Waals surface area contributed by atoms with E-state index in [1.165, 1.54) is 6.92 Å². The highest BCUT2D eigenvalue weighted by atomic mass is 16.2. The van der Waals surface area contributed by atoms with E-state index in [1.807, 2.05) is 20.8 Å². The van der Waals surface area contributed by atoms with Crippen molar-refractivity contribution in [2.45, 2.75) is 46.6 Å². The first-order valence-corrected chi connectivity index (χ1v) is 8.46. The molecule has 27 heavy (non-hydrogen) atoms. The number of rotatable bonds is 5. The Bertz CT molecular complexity index is 866. The van der Waals surface area contributed by atoms with Crippen molar-refractivity contribution in [1.29, 1.82) is 0 Å². The largest absolute Gasteiger partial charge is 0.347 e. The van der Waals surface area contributed by atoms with Crippen LogP contribution in [-0.4, -0.2) is 38.4 Å². The zero-order chi connectivity index (χ0) is 20.2. The molecular weight excluding hydrogens is 348 g/mol. The van der Waals surface area contributed by atoms with Crippen molar-refractivity contribution in [1.82, 2.24) is 20.5 Å². The molecule has 1 aromatic heterocycles. The Hall–Kier alpha value is -3.23. The van der Waals surface area contributed by atoms with Gasteiger partial charge < -0.3 is 10.6 Å². The SMILES string of the molecule is CC(=O)Nc1n[nH]c(CC(=O)Nc2cccc(C(=O)NC(C)(C)C)c2C)n1. The van der Waals surface area contributed by atoms with Crippen LogP contribution in [0.15, 0.2) is 18.2 Å². The van der Waals surface area contributed by atoms with Crippen molar-refractivity contribution >= 4 is 29.4 Å². The normalized spacial score (nSPS) is 11.0. The quantitative estimate of drug-likeness (QED) is 0.636. The summed E-state index contributed by atoms with van der Waals surface area (Å²) in [6.07, 6.45) is -0.0512. The van der Waals surface area contributed by atoms with Crippen molar-refractivity contribution in [3.63, 3.8) is 0 Å². The van der Waals surface area contributed by atoms with Crippen molar-refractivity contribution in [3.05, 3.63) is 35.2 Å². The molecule has 0 saturated carbocycles. The summed E-state index contributed by atoms with van der Waals surface area (Å²) in [5.41, 5.74) is 1.35. The predicted molar refractivity (Wildman–Crippen MR) is 101 cm³/mol. The number of amides is 3. The summed E-state index contributed by atoms with van der Waals surface area (Å²) in [6, 6.07) is 5.15. The fourth-order valence-corrected chi connectivity index (χ4v) is 2.36. The van der Waals surface area contributed by atoms with Crippen LogP contribution in [0.3, 0.4) is 0 Å². The molecule has 3 amide bonds. The molecule has 1 heterocycles. The third-order valence-corrected chi connectivity index (χ3v) is 3.49. The maximum absolute atomic E-state index is 12.4. The summed E-state index contributed by atoms with van der Waals surface area (Å²) < 4.78 is 0. The van der Waals surface area contributed by atoms with Crippen LogP contribution < -0.4 is 16.0 Å². The van der Waals surface area contributed by atoms with Gasteiger partial charge in [0.25, 0.3) is 5.91 Å². The lowest BCUT2D eigenvalue weighted by Crippen LogP contribution is -2.40. The number of aromatic nitrogens is 3. The average Bonchev–Trinajstić information content (AvgIpc) is 2.93. The number of hydrogen-bond donors (Lipinski definition) is 4. The molecule has 0 saturated heterocycles. The van der Waals surface area contributed by atoms with Crippen molar-refractivity contribution in [3.8, 4) is 0 Å². The van der Waals surface area contributed by atoms with Gasteiger partial charge in [-0.25, -0.2) is 0 Å². The molecule has 9 nitrogen and oxygen atoms in total. The molecular formula is C18H24N6O3. The number of hydrogen-bond acceptors (Lipinski definition) is 5. The van der Waals surface area contributed by atoms with Crippen LogP contribution in [0, 0.1) is 6.92 Å². The van der Waals surface area contributed by atoms with Gasteiger partial charge in [-0.2, -0.15) is 4.98 Å². The topological polar surface area (TPSA) is 129 Å². The number of nitrogens with one attached hydrogen (secondary N) is 4. The molecule has 0 aliphatic carbocycles.